The molecule has 0 unspecified atom stereocenters. The Bertz CT molecular complexity index is 574. The van der Waals surface area contributed by atoms with E-state index in [2.05, 4.69) is 27.9 Å². The van der Waals surface area contributed by atoms with Crippen molar-refractivity contribution in [2.75, 3.05) is 6.54 Å². The van der Waals surface area contributed by atoms with Crippen LogP contribution in [-0.4, -0.2) is 17.1 Å². The van der Waals surface area contributed by atoms with Crippen LogP contribution in [0.5, 0.6) is 0 Å². The smallest absolute Gasteiger partial charge is 0.186 e. The molecule has 0 saturated heterocycles. The zero-order valence-corrected chi connectivity index (χ0v) is 9.80. The minimum Gasteiger partial charge on any atom is -0.370 e. The van der Waals surface area contributed by atoms with Crippen LogP contribution in [0, 0.1) is 0 Å². The first-order chi connectivity index (χ1) is 8.18. The van der Waals surface area contributed by atoms with Gasteiger partial charge in [-0.15, -0.1) is 0 Å². The van der Waals surface area contributed by atoms with Crippen LogP contribution in [0.1, 0.15) is 5.56 Å². The van der Waals surface area contributed by atoms with Gasteiger partial charge < -0.3 is 16.0 Å². The Kier molecular flexibility index (Phi) is 3.14. The van der Waals surface area contributed by atoms with Gasteiger partial charge in [0.2, 0.25) is 0 Å². The first-order valence-electron chi connectivity index (χ1n) is 5.44. The lowest BCUT2D eigenvalue weighted by molar-refractivity contribution is 0.968. The number of nitrogens with zero attached hydrogens (tertiary/aromatic N) is 2. The van der Waals surface area contributed by atoms with E-state index >= 15 is 0 Å². The van der Waals surface area contributed by atoms with Gasteiger partial charge in [0.05, 0.1) is 6.54 Å². The van der Waals surface area contributed by atoms with Crippen molar-refractivity contribution in [1.82, 2.24) is 4.57 Å². The summed E-state index contributed by atoms with van der Waals surface area (Å²) in [6.45, 7) is 0.506. The normalized spacial score (nSPS) is 11.1. The molecule has 0 atom stereocenters. The summed E-state index contributed by atoms with van der Waals surface area (Å²) in [7, 11) is 2.04. The molecule has 2 rings (SSSR count). The summed E-state index contributed by atoms with van der Waals surface area (Å²) in [5.74, 6) is 0.118. The summed E-state index contributed by atoms with van der Waals surface area (Å²) in [6.07, 6.45) is 6.08. The minimum atomic E-state index is 0.118. The predicted octanol–water partition coefficient (Wildman–Crippen LogP) is 1.46. The number of para-hydroxylation sites is 1. The van der Waals surface area contributed by atoms with Crippen LogP contribution < -0.4 is 11.5 Å². The molecule has 0 amide bonds. The fourth-order valence-corrected chi connectivity index (χ4v) is 1.84. The standard InChI is InChI=1S/C13H16N4/c1-17-9-10(5-4-8-16-13(14)15)11-6-2-3-7-12(11)17/h2-7,9H,8H2,1H3,(H4,14,15,16)/b5-4+. The molecule has 88 valence electrons. The van der Waals surface area contributed by atoms with E-state index < -0.39 is 0 Å². The zero-order chi connectivity index (χ0) is 12.3. The maximum atomic E-state index is 5.26. The van der Waals surface area contributed by atoms with E-state index in [9.17, 15) is 0 Å². The Morgan fingerprint density at radius 1 is 1.35 bits per heavy atom. The molecule has 1 heterocycles. The molecule has 2 aromatic rings. The second-order valence-corrected chi connectivity index (χ2v) is 3.88. The van der Waals surface area contributed by atoms with Crippen molar-refractivity contribution < 1.29 is 0 Å². The number of aromatic nitrogens is 1. The van der Waals surface area contributed by atoms with Crippen molar-refractivity contribution in [2.45, 2.75) is 0 Å². The van der Waals surface area contributed by atoms with E-state index in [0.29, 0.717) is 6.54 Å². The summed E-state index contributed by atoms with van der Waals surface area (Å²) in [4.78, 5) is 3.91. The highest BCUT2D eigenvalue weighted by Gasteiger charge is 2.01. The molecular formula is C13H16N4. The van der Waals surface area contributed by atoms with Crippen LogP contribution in [0.25, 0.3) is 17.0 Å². The number of guanidine groups is 1. The SMILES string of the molecule is Cn1cc(/C=C/CN=C(N)N)c2ccccc21. The minimum absolute atomic E-state index is 0.118. The molecule has 0 aliphatic heterocycles. The molecule has 0 aliphatic carbocycles. The number of nitrogens with two attached hydrogens (primary N) is 2. The summed E-state index contributed by atoms with van der Waals surface area (Å²) in [6, 6.07) is 8.28. The maximum absolute atomic E-state index is 5.26. The molecule has 4 heteroatoms. The van der Waals surface area contributed by atoms with Crippen molar-refractivity contribution in [3.63, 3.8) is 0 Å². The Labute approximate surface area is 100 Å². The largest absolute Gasteiger partial charge is 0.370 e. The van der Waals surface area contributed by atoms with Crippen LogP contribution >= 0.6 is 0 Å². The van der Waals surface area contributed by atoms with Gasteiger partial charge in [-0.1, -0.05) is 30.4 Å². The highest BCUT2D eigenvalue weighted by molar-refractivity contribution is 5.89. The Balaban J connectivity index is 2.27. The highest BCUT2D eigenvalue weighted by atomic mass is 15.0. The number of rotatable bonds is 3. The van der Waals surface area contributed by atoms with E-state index in [1.807, 2.05) is 31.3 Å². The van der Waals surface area contributed by atoms with Crippen LogP contribution in [0.3, 0.4) is 0 Å². The summed E-state index contributed by atoms with van der Waals surface area (Å²) in [5.41, 5.74) is 12.9. The van der Waals surface area contributed by atoms with E-state index in [-0.39, 0.29) is 5.96 Å². The third-order valence-electron chi connectivity index (χ3n) is 2.60. The number of hydrogen-bond donors (Lipinski definition) is 2. The summed E-state index contributed by atoms with van der Waals surface area (Å²) in [5, 5.41) is 1.23. The van der Waals surface area contributed by atoms with Crippen LogP contribution in [0.4, 0.5) is 0 Å². The number of benzene rings is 1. The fraction of sp³-hybridized carbons (Fsp3) is 0.154. The van der Waals surface area contributed by atoms with Gasteiger partial charge in [0, 0.05) is 24.1 Å². The molecule has 0 spiro atoms. The van der Waals surface area contributed by atoms with Gasteiger partial charge in [-0.3, -0.25) is 0 Å². The second kappa shape index (κ2) is 4.74. The monoisotopic (exact) mass is 228 g/mol. The lowest BCUT2D eigenvalue weighted by Crippen LogP contribution is -2.22. The van der Waals surface area contributed by atoms with Crippen LogP contribution in [0.15, 0.2) is 41.5 Å². The average Bonchev–Trinajstić information content (AvgIpc) is 2.63. The van der Waals surface area contributed by atoms with E-state index in [4.69, 9.17) is 11.5 Å². The second-order valence-electron chi connectivity index (χ2n) is 3.88. The van der Waals surface area contributed by atoms with Gasteiger partial charge in [0.15, 0.2) is 5.96 Å². The summed E-state index contributed by atoms with van der Waals surface area (Å²) < 4.78 is 2.11. The van der Waals surface area contributed by atoms with Crippen molar-refractivity contribution in [3.05, 3.63) is 42.1 Å². The van der Waals surface area contributed by atoms with Gasteiger partial charge in [-0.2, -0.15) is 0 Å². The molecule has 4 N–H and O–H groups in total. The first-order valence-corrected chi connectivity index (χ1v) is 5.44. The quantitative estimate of drug-likeness (QED) is 0.617. The van der Waals surface area contributed by atoms with Gasteiger partial charge in [-0.25, -0.2) is 4.99 Å². The van der Waals surface area contributed by atoms with E-state index in [1.165, 1.54) is 16.5 Å². The molecule has 0 bridgehead atoms. The first kappa shape index (κ1) is 11.3. The summed E-state index contributed by atoms with van der Waals surface area (Å²) >= 11 is 0. The van der Waals surface area contributed by atoms with Crippen molar-refractivity contribution in [3.8, 4) is 0 Å². The Morgan fingerprint density at radius 3 is 2.88 bits per heavy atom. The van der Waals surface area contributed by atoms with Gasteiger partial charge in [0.1, 0.15) is 0 Å². The topological polar surface area (TPSA) is 69.3 Å². The maximum Gasteiger partial charge on any atom is 0.186 e. The van der Waals surface area contributed by atoms with Gasteiger partial charge in [-0.05, 0) is 11.6 Å². The van der Waals surface area contributed by atoms with Gasteiger partial charge in [0.25, 0.3) is 0 Å². The van der Waals surface area contributed by atoms with Crippen molar-refractivity contribution >= 4 is 22.9 Å². The molecule has 0 fully saturated rings. The molecule has 0 radical (unpaired) electrons. The van der Waals surface area contributed by atoms with Crippen molar-refractivity contribution in [1.29, 1.82) is 0 Å². The van der Waals surface area contributed by atoms with E-state index in [1.54, 1.807) is 0 Å². The molecule has 1 aromatic heterocycles. The number of fused-ring (bicyclic) bond motifs is 1. The molecule has 0 aliphatic rings. The average molecular weight is 228 g/mol. The van der Waals surface area contributed by atoms with E-state index in [0.717, 1.165) is 0 Å². The van der Waals surface area contributed by atoms with Crippen molar-refractivity contribution in [2.24, 2.45) is 23.5 Å². The Hall–Kier alpha value is -2.23. The van der Waals surface area contributed by atoms with Crippen LogP contribution in [-0.2, 0) is 7.05 Å². The molecule has 1 aromatic carbocycles. The highest BCUT2D eigenvalue weighted by Crippen LogP contribution is 2.21. The van der Waals surface area contributed by atoms with Crippen LogP contribution in [0.2, 0.25) is 0 Å². The number of aryl methyl sites for hydroxylation is 1. The molecule has 4 nitrogen and oxygen atoms in total. The molecule has 17 heavy (non-hydrogen) atoms. The third kappa shape index (κ3) is 2.47. The fourth-order valence-electron chi connectivity index (χ4n) is 1.84. The Morgan fingerprint density at radius 2 is 2.12 bits per heavy atom. The zero-order valence-electron chi connectivity index (χ0n) is 9.80. The molecular weight excluding hydrogens is 212 g/mol. The lowest BCUT2D eigenvalue weighted by Gasteiger charge is -1.93. The predicted molar refractivity (Wildman–Crippen MR) is 72.6 cm³/mol. The van der Waals surface area contributed by atoms with Gasteiger partial charge >= 0.3 is 0 Å². The number of hydrogen-bond acceptors (Lipinski definition) is 1. The third-order valence-corrected chi connectivity index (χ3v) is 2.60. The number of aliphatic imine (C=N–C) groups is 1. The molecule has 0 saturated carbocycles. The lowest BCUT2D eigenvalue weighted by atomic mass is 10.1.